The van der Waals surface area contributed by atoms with Gasteiger partial charge < -0.3 is 4.74 Å². The molecule has 3 rings (SSSR count). The summed E-state index contributed by atoms with van der Waals surface area (Å²) < 4.78 is 30.5. The molecule has 0 spiro atoms. The van der Waals surface area contributed by atoms with Gasteiger partial charge in [0.25, 0.3) is 0 Å². The summed E-state index contributed by atoms with van der Waals surface area (Å²) in [6.45, 7) is 5.07. The van der Waals surface area contributed by atoms with Crippen LogP contribution in [-0.4, -0.2) is 50.9 Å². The van der Waals surface area contributed by atoms with Crippen LogP contribution in [0.25, 0.3) is 0 Å². The molecule has 0 amide bonds. The topological polar surface area (TPSA) is 71.5 Å². The van der Waals surface area contributed by atoms with Crippen molar-refractivity contribution in [3.8, 4) is 0 Å². The number of rotatable bonds is 5. The highest BCUT2D eigenvalue weighted by Crippen LogP contribution is 2.24. The summed E-state index contributed by atoms with van der Waals surface area (Å²) in [6.07, 6.45) is 6.97. The number of pyridine rings is 1. The highest BCUT2D eigenvalue weighted by atomic mass is 35.5. The molecule has 2 aliphatic heterocycles. The van der Waals surface area contributed by atoms with Crippen LogP contribution in [-0.2, 0) is 34.3 Å². The van der Waals surface area contributed by atoms with Gasteiger partial charge in [0.2, 0.25) is 10.0 Å². The van der Waals surface area contributed by atoms with Gasteiger partial charge in [-0.3, -0.25) is 9.88 Å². The maximum absolute atomic E-state index is 11.3. The van der Waals surface area contributed by atoms with E-state index in [0.29, 0.717) is 12.5 Å². The van der Waals surface area contributed by atoms with Crippen LogP contribution in [0.5, 0.6) is 0 Å². The van der Waals surface area contributed by atoms with Gasteiger partial charge in [-0.15, -0.1) is 24.8 Å². The van der Waals surface area contributed by atoms with Gasteiger partial charge in [-0.1, -0.05) is 0 Å². The van der Waals surface area contributed by atoms with Crippen LogP contribution in [0, 0.1) is 5.92 Å². The Morgan fingerprint density at radius 2 is 2.17 bits per heavy atom. The van der Waals surface area contributed by atoms with E-state index in [1.807, 2.05) is 6.20 Å². The molecule has 9 heteroatoms. The second-order valence-corrected chi connectivity index (χ2v) is 8.08. The van der Waals surface area contributed by atoms with E-state index in [1.54, 1.807) is 6.20 Å². The van der Waals surface area contributed by atoms with E-state index in [0.717, 1.165) is 51.3 Å². The molecule has 24 heavy (non-hydrogen) atoms. The zero-order chi connectivity index (χ0) is 15.6. The quantitative estimate of drug-likeness (QED) is 0.811. The lowest BCUT2D eigenvalue weighted by atomic mass is 9.96. The number of aromatic nitrogens is 1. The van der Waals surface area contributed by atoms with Crippen molar-refractivity contribution in [3.63, 3.8) is 0 Å². The summed E-state index contributed by atoms with van der Waals surface area (Å²) in [5, 5.41) is 0. The Labute approximate surface area is 156 Å². The fourth-order valence-corrected chi connectivity index (χ4v) is 3.65. The zero-order valence-electron chi connectivity index (χ0n) is 13.7. The average Bonchev–Trinajstić information content (AvgIpc) is 2.97. The van der Waals surface area contributed by atoms with Gasteiger partial charge in [0.15, 0.2) is 0 Å². The number of fused-ring (bicyclic) bond motifs is 1. The molecule has 0 radical (unpaired) electrons. The number of sulfonamides is 1. The first kappa shape index (κ1) is 21.6. The first-order valence-corrected chi connectivity index (χ1v) is 9.60. The number of hydrogen-bond acceptors (Lipinski definition) is 5. The second-order valence-electron chi connectivity index (χ2n) is 6.24. The van der Waals surface area contributed by atoms with Gasteiger partial charge >= 0.3 is 0 Å². The minimum atomic E-state index is -3.18. The Kier molecular flexibility index (Phi) is 8.38. The molecule has 3 heterocycles. The van der Waals surface area contributed by atoms with Gasteiger partial charge in [0.05, 0.1) is 12.9 Å². The SMILES string of the molecule is CS(=O)(=O)NCc1cncc2c1CCN(CC1CCOC1)C2.Cl.Cl. The number of hydrogen-bond donors (Lipinski definition) is 1. The van der Waals surface area contributed by atoms with Crippen molar-refractivity contribution in [1.29, 1.82) is 0 Å². The van der Waals surface area contributed by atoms with Crippen molar-refractivity contribution < 1.29 is 13.2 Å². The summed E-state index contributed by atoms with van der Waals surface area (Å²) in [5.74, 6) is 0.643. The molecular weight excluding hydrogens is 373 g/mol. The molecule has 0 bridgehead atoms. The lowest BCUT2D eigenvalue weighted by Gasteiger charge is -2.31. The Balaban J connectivity index is 0.00000144. The summed E-state index contributed by atoms with van der Waals surface area (Å²) in [5.41, 5.74) is 3.47. The molecule has 138 valence electrons. The van der Waals surface area contributed by atoms with Crippen molar-refractivity contribution in [2.75, 3.05) is 32.6 Å². The molecule has 0 aliphatic carbocycles. The lowest BCUT2D eigenvalue weighted by molar-refractivity contribution is 0.162. The summed E-state index contributed by atoms with van der Waals surface area (Å²) in [4.78, 5) is 6.73. The van der Waals surface area contributed by atoms with E-state index in [2.05, 4.69) is 14.6 Å². The van der Waals surface area contributed by atoms with Crippen molar-refractivity contribution >= 4 is 34.8 Å². The molecule has 6 nitrogen and oxygen atoms in total. The van der Waals surface area contributed by atoms with Crippen LogP contribution >= 0.6 is 24.8 Å². The first-order valence-electron chi connectivity index (χ1n) is 7.70. The average molecular weight is 398 g/mol. The van der Waals surface area contributed by atoms with Crippen LogP contribution in [0.1, 0.15) is 23.1 Å². The van der Waals surface area contributed by atoms with Crippen LogP contribution in [0.15, 0.2) is 12.4 Å². The van der Waals surface area contributed by atoms with Crippen LogP contribution in [0.3, 0.4) is 0 Å². The number of halogens is 2. The standard InChI is InChI=1S/C15H23N3O3S.2ClH/c1-22(19,20)17-8-13-6-16-7-14-10-18(4-2-15(13)14)9-12-3-5-21-11-12;;/h6-7,12,17H,2-5,8-11H2,1H3;2*1H. The molecule has 1 unspecified atom stereocenters. The van der Waals surface area contributed by atoms with Gasteiger partial charge in [0.1, 0.15) is 0 Å². The highest BCUT2D eigenvalue weighted by Gasteiger charge is 2.24. The van der Waals surface area contributed by atoms with E-state index < -0.39 is 10.0 Å². The van der Waals surface area contributed by atoms with Gasteiger partial charge in [0, 0.05) is 45.2 Å². The fraction of sp³-hybridized carbons (Fsp3) is 0.667. The van der Waals surface area contributed by atoms with E-state index in [-0.39, 0.29) is 24.8 Å². The number of nitrogens with zero attached hydrogens (tertiary/aromatic N) is 2. The van der Waals surface area contributed by atoms with Crippen molar-refractivity contribution in [2.24, 2.45) is 5.92 Å². The molecule has 0 aromatic carbocycles. The lowest BCUT2D eigenvalue weighted by Crippen LogP contribution is -2.35. The summed E-state index contributed by atoms with van der Waals surface area (Å²) in [7, 11) is -3.18. The van der Waals surface area contributed by atoms with Crippen LogP contribution in [0.2, 0.25) is 0 Å². The maximum Gasteiger partial charge on any atom is 0.209 e. The molecule has 1 saturated heterocycles. The van der Waals surface area contributed by atoms with Crippen LogP contribution in [0.4, 0.5) is 0 Å². The molecule has 1 fully saturated rings. The normalized spacial score (nSPS) is 20.8. The Bertz CT molecular complexity index is 637. The summed E-state index contributed by atoms with van der Waals surface area (Å²) in [6, 6.07) is 0. The third-order valence-corrected chi connectivity index (χ3v) is 5.04. The van der Waals surface area contributed by atoms with Crippen molar-refractivity contribution in [3.05, 3.63) is 29.1 Å². The van der Waals surface area contributed by atoms with Gasteiger partial charge in [-0.2, -0.15) is 0 Å². The molecule has 1 atom stereocenters. The number of ether oxygens (including phenoxy) is 1. The molecule has 0 saturated carbocycles. The van der Waals surface area contributed by atoms with E-state index >= 15 is 0 Å². The Morgan fingerprint density at radius 3 is 2.83 bits per heavy atom. The Hall–Kier alpha value is -0.440. The van der Waals surface area contributed by atoms with E-state index in [4.69, 9.17) is 4.74 Å². The van der Waals surface area contributed by atoms with Gasteiger partial charge in [-0.05, 0) is 35.4 Å². The summed E-state index contributed by atoms with van der Waals surface area (Å²) >= 11 is 0. The van der Waals surface area contributed by atoms with E-state index in [9.17, 15) is 8.42 Å². The van der Waals surface area contributed by atoms with E-state index in [1.165, 1.54) is 17.4 Å². The smallest absolute Gasteiger partial charge is 0.209 e. The number of nitrogens with one attached hydrogen (secondary N) is 1. The van der Waals surface area contributed by atoms with Crippen molar-refractivity contribution in [2.45, 2.75) is 25.9 Å². The molecule has 1 N–H and O–H groups in total. The second kappa shape index (κ2) is 9.31. The van der Waals surface area contributed by atoms with Crippen LogP contribution < -0.4 is 4.72 Å². The zero-order valence-corrected chi connectivity index (χ0v) is 16.2. The molecule has 1 aromatic rings. The molecule has 1 aromatic heterocycles. The Morgan fingerprint density at radius 1 is 1.38 bits per heavy atom. The predicted molar refractivity (Wildman–Crippen MR) is 98.3 cm³/mol. The minimum Gasteiger partial charge on any atom is -0.381 e. The largest absolute Gasteiger partial charge is 0.381 e. The highest BCUT2D eigenvalue weighted by molar-refractivity contribution is 7.88. The van der Waals surface area contributed by atoms with Gasteiger partial charge in [-0.25, -0.2) is 13.1 Å². The monoisotopic (exact) mass is 397 g/mol. The maximum atomic E-state index is 11.3. The minimum absolute atomic E-state index is 0. The van der Waals surface area contributed by atoms with Crippen molar-refractivity contribution in [1.82, 2.24) is 14.6 Å². The fourth-order valence-electron chi connectivity index (χ4n) is 3.24. The third kappa shape index (κ3) is 5.82. The third-order valence-electron chi connectivity index (χ3n) is 4.37. The molecular formula is C15H25Cl2N3O3S. The molecule has 2 aliphatic rings. The predicted octanol–water partition coefficient (Wildman–Crippen LogP) is 1.37. The first-order chi connectivity index (χ1) is 10.5.